The molecule has 0 atom stereocenters. The third-order valence-corrected chi connectivity index (χ3v) is 4.41. The van der Waals surface area contributed by atoms with Crippen LogP contribution in [0.2, 0.25) is 0 Å². The van der Waals surface area contributed by atoms with Gasteiger partial charge in [0.15, 0.2) is 0 Å². The van der Waals surface area contributed by atoms with Crippen molar-refractivity contribution in [2.45, 2.75) is 24.7 Å². The predicted octanol–water partition coefficient (Wildman–Crippen LogP) is 3.74. The van der Waals surface area contributed by atoms with Gasteiger partial charge in [-0.3, -0.25) is 4.55 Å². The lowest BCUT2D eigenvalue weighted by Gasteiger charge is -1.95. The molecule has 0 radical (unpaired) electrons. The van der Waals surface area contributed by atoms with Crippen molar-refractivity contribution in [3.8, 4) is 0 Å². The Bertz CT molecular complexity index is 930. The van der Waals surface area contributed by atoms with E-state index in [1.54, 1.807) is 24.5 Å². The molecule has 2 N–H and O–H groups in total. The second-order valence-electron chi connectivity index (χ2n) is 5.52. The highest BCUT2D eigenvalue weighted by Crippen LogP contribution is 2.23. The molecule has 0 fully saturated rings. The van der Waals surface area contributed by atoms with Crippen LogP contribution in [0, 0.1) is 12.7 Å². The number of aryl methyl sites for hydroxylation is 2. The van der Waals surface area contributed by atoms with E-state index in [4.69, 9.17) is 14.1 Å². The Morgan fingerprint density at radius 1 is 1.12 bits per heavy atom. The summed E-state index contributed by atoms with van der Waals surface area (Å²) >= 11 is 0. The van der Waals surface area contributed by atoms with Crippen LogP contribution in [0.5, 0.6) is 0 Å². The van der Waals surface area contributed by atoms with Gasteiger partial charge in [0.05, 0.1) is 11.2 Å². The van der Waals surface area contributed by atoms with Crippen LogP contribution in [0.3, 0.4) is 0 Å². The van der Waals surface area contributed by atoms with Gasteiger partial charge in [0.2, 0.25) is 0 Å². The van der Waals surface area contributed by atoms with Crippen LogP contribution < -0.4 is 0 Å². The van der Waals surface area contributed by atoms with Crippen LogP contribution in [0.25, 0.3) is 11.0 Å². The van der Waals surface area contributed by atoms with E-state index < -0.39 is 10.1 Å². The zero-order chi connectivity index (χ0) is 18.4. The maximum Gasteiger partial charge on any atom is 0.294 e. The van der Waals surface area contributed by atoms with Gasteiger partial charge in [0, 0.05) is 12.0 Å². The lowest BCUT2D eigenvalue weighted by molar-refractivity contribution is 0.288. The second-order valence-corrected chi connectivity index (χ2v) is 6.94. The Morgan fingerprint density at radius 3 is 2.40 bits per heavy atom. The molecule has 0 aliphatic heterocycles. The van der Waals surface area contributed by atoms with Crippen molar-refractivity contribution in [3.63, 3.8) is 0 Å². The topological polar surface area (TPSA) is 87.7 Å². The van der Waals surface area contributed by atoms with Crippen LogP contribution in [-0.4, -0.2) is 24.7 Å². The summed E-state index contributed by atoms with van der Waals surface area (Å²) in [5.41, 5.74) is 2.60. The minimum Gasteiger partial charge on any atom is -0.464 e. The number of hydrogen-bond donors (Lipinski definition) is 2. The highest BCUT2D eigenvalue weighted by molar-refractivity contribution is 7.85. The molecule has 7 heteroatoms. The molecule has 0 amide bonds. The summed E-state index contributed by atoms with van der Waals surface area (Å²) in [6.07, 6.45) is 3.01. The monoisotopic (exact) mass is 366 g/mol. The number of aliphatic hydroxyl groups excluding tert-OH is 1. The van der Waals surface area contributed by atoms with Gasteiger partial charge in [0.1, 0.15) is 11.4 Å². The summed E-state index contributed by atoms with van der Waals surface area (Å²) in [5, 5.41) is 9.49. The summed E-state index contributed by atoms with van der Waals surface area (Å²) in [6.45, 7) is 1.98. The molecule has 0 unspecified atom stereocenters. The highest BCUT2D eigenvalue weighted by atomic mass is 32.2. The predicted molar refractivity (Wildman–Crippen MR) is 92.6 cm³/mol. The Labute approximate surface area is 145 Å². The molecule has 0 aliphatic carbocycles. The SMILES string of the molecule is Cc1ccc(S(=O)(=O)O)cc1.OCCCc1coc2ccc(F)cc12. The average Bonchev–Trinajstić information content (AvgIpc) is 2.95. The van der Waals surface area contributed by atoms with Crippen LogP contribution >= 0.6 is 0 Å². The van der Waals surface area contributed by atoms with Crippen LogP contribution in [0.15, 0.2) is 58.0 Å². The van der Waals surface area contributed by atoms with Gasteiger partial charge < -0.3 is 9.52 Å². The maximum absolute atomic E-state index is 12.9. The van der Waals surface area contributed by atoms with E-state index in [9.17, 15) is 12.8 Å². The third-order valence-electron chi connectivity index (χ3n) is 3.54. The first-order chi connectivity index (χ1) is 11.8. The average molecular weight is 366 g/mol. The number of aliphatic hydroxyl groups is 1. The fraction of sp³-hybridized carbons (Fsp3) is 0.222. The smallest absolute Gasteiger partial charge is 0.294 e. The highest BCUT2D eigenvalue weighted by Gasteiger charge is 2.07. The number of fused-ring (bicyclic) bond motifs is 1. The van der Waals surface area contributed by atoms with Gasteiger partial charge in [-0.25, -0.2) is 4.39 Å². The third kappa shape index (κ3) is 5.38. The first-order valence-electron chi connectivity index (χ1n) is 7.62. The summed E-state index contributed by atoms with van der Waals surface area (Å²) < 4.78 is 47.7. The Morgan fingerprint density at radius 2 is 1.80 bits per heavy atom. The number of halogens is 1. The zero-order valence-corrected chi connectivity index (χ0v) is 14.5. The van der Waals surface area contributed by atoms with Crippen LogP contribution in [0.1, 0.15) is 17.5 Å². The van der Waals surface area contributed by atoms with Gasteiger partial charge in [-0.1, -0.05) is 17.7 Å². The molecule has 0 aliphatic rings. The minimum absolute atomic E-state index is 0.0666. The number of rotatable bonds is 4. The lowest BCUT2D eigenvalue weighted by atomic mass is 10.1. The lowest BCUT2D eigenvalue weighted by Crippen LogP contribution is -1.96. The number of benzene rings is 2. The summed E-state index contributed by atoms with van der Waals surface area (Å²) in [7, 11) is -4.02. The van der Waals surface area contributed by atoms with Crippen LogP contribution in [-0.2, 0) is 16.5 Å². The summed E-state index contributed by atoms with van der Waals surface area (Å²) in [5.74, 6) is -0.260. The Kier molecular flexibility index (Phi) is 6.30. The van der Waals surface area contributed by atoms with Gasteiger partial charge in [-0.2, -0.15) is 8.42 Å². The molecule has 3 rings (SSSR count). The Balaban J connectivity index is 0.000000186. The first-order valence-corrected chi connectivity index (χ1v) is 9.06. The largest absolute Gasteiger partial charge is 0.464 e. The molecule has 3 aromatic rings. The molecular weight excluding hydrogens is 347 g/mol. The van der Waals surface area contributed by atoms with Crippen molar-refractivity contribution < 1.29 is 26.9 Å². The molecule has 5 nitrogen and oxygen atoms in total. The van der Waals surface area contributed by atoms with Crippen LogP contribution in [0.4, 0.5) is 4.39 Å². The zero-order valence-electron chi connectivity index (χ0n) is 13.6. The molecular formula is C18H19FO5S. The molecule has 2 aromatic carbocycles. The molecule has 1 aromatic heterocycles. The number of furan rings is 1. The minimum atomic E-state index is -4.02. The van der Waals surface area contributed by atoms with Crippen molar-refractivity contribution in [1.82, 2.24) is 0 Å². The van der Waals surface area contributed by atoms with E-state index in [2.05, 4.69) is 0 Å². The second kappa shape index (κ2) is 8.24. The van der Waals surface area contributed by atoms with Crippen molar-refractivity contribution in [3.05, 3.63) is 65.7 Å². The van der Waals surface area contributed by atoms with Gasteiger partial charge >= 0.3 is 0 Å². The maximum atomic E-state index is 12.9. The molecule has 25 heavy (non-hydrogen) atoms. The van der Waals surface area contributed by atoms with Gasteiger partial charge in [-0.15, -0.1) is 0 Å². The molecule has 0 saturated heterocycles. The summed E-state index contributed by atoms with van der Waals surface area (Å²) in [6, 6.07) is 10.4. The van der Waals surface area contributed by atoms with E-state index in [-0.39, 0.29) is 17.3 Å². The molecule has 0 saturated carbocycles. The fourth-order valence-corrected chi connectivity index (χ4v) is 2.71. The van der Waals surface area contributed by atoms with Gasteiger partial charge in [-0.05, 0) is 55.7 Å². The van der Waals surface area contributed by atoms with E-state index in [1.807, 2.05) is 6.92 Å². The van der Waals surface area contributed by atoms with E-state index >= 15 is 0 Å². The Hall–Kier alpha value is -2.22. The normalized spacial score (nSPS) is 11.2. The first kappa shape index (κ1) is 19.1. The summed E-state index contributed by atoms with van der Waals surface area (Å²) in [4.78, 5) is -0.0666. The van der Waals surface area contributed by atoms with Crippen molar-refractivity contribution in [1.29, 1.82) is 0 Å². The van der Waals surface area contributed by atoms with Crippen molar-refractivity contribution in [2.24, 2.45) is 0 Å². The standard InChI is InChI=1S/C11H11FO2.C7H8O3S/c12-9-3-4-11-10(6-9)8(7-14-11)2-1-5-13;1-6-2-4-7(5-3-6)11(8,9)10/h3-4,6-7,13H,1-2,5H2;2-5H,1H3,(H,8,9,10). The quantitative estimate of drug-likeness (QED) is 0.687. The molecule has 1 heterocycles. The van der Waals surface area contributed by atoms with Gasteiger partial charge in [0.25, 0.3) is 10.1 Å². The van der Waals surface area contributed by atoms with E-state index in [0.29, 0.717) is 18.4 Å². The fourth-order valence-electron chi connectivity index (χ4n) is 2.23. The van der Waals surface area contributed by atoms with E-state index in [0.717, 1.165) is 16.5 Å². The van der Waals surface area contributed by atoms with E-state index in [1.165, 1.54) is 24.3 Å². The number of hydrogen-bond acceptors (Lipinski definition) is 4. The molecule has 0 bridgehead atoms. The van der Waals surface area contributed by atoms with Crippen molar-refractivity contribution >= 4 is 21.1 Å². The van der Waals surface area contributed by atoms with Crippen molar-refractivity contribution in [2.75, 3.05) is 6.61 Å². The molecule has 134 valence electrons. The molecule has 0 spiro atoms.